The minimum Gasteiger partial charge on any atom is -0.494 e. The maximum absolute atomic E-state index is 12.2. The van der Waals surface area contributed by atoms with Gasteiger partial charge in [0.05, 0.1) is 13.0 Å². The van der Waals surface area contributed by atoms with Gasteiger partial charge in [0.15, 0.2) is 0 Å². The number of hydrogen-bond donors (Lipinski definition) is 2. The summed E-state index contributed by atoms with van der Waals surface area (Å²) in [4.78, 5) is 24.1. The summed E-state index contributed by atoms with van der Waals surface area (Å²) in [7, 11) is 0. The number of rotatable bonds is 5. The highest BCUT2D eigenvalue weighted by Crippen LogP contribution is 2.19. The van der Waals surface area contributed by atoms with Crippen LogP contribution in [0.5, 0.6) is 5.75 Å². The van der Waals surface area contributed by atoms with Crippen molar-refractivity contribution in [1.29, 1.82) is 0 Å². The van der Waals surface area contributed by atoms with E-state index in [4.69, 9.17) is 4.74 Å². The molecule has 2 aromatic carbocycles. The Balaban J connectivity index is 1.64. The average Bonchev–Trinajstić information content (AvgIpc) is 2.58. The summed E-state index contributed by atoms with van der Waals surface area (Å²) in [6.45, 7) is 3.21. The van der Waals surface area contributed by atoms with Crippen LogP contribution in [-0.4, -0.2) is 25.0 Å². The van der Waals surface area contributed by atoms with Crippen LogP contribution in [0.1, 0.15) is 28.4 Å². The van der Waals surface area contributed by atoms with E-state index < -0.39 is 0 Å². The first kappa shape index (κ1) is 16.1. The van der Waals surface area contributed by atoms with Crippen molar-refractivity contribution < 1.29 is 14.3 Å². The van der Waals surface area contributed by atoms with Crippen LogP contribution in [0.25, 0.3) is 0 Å². The van der Waals surface area contributed by atoms with E-state index in [1.54, 1.807) is 6.07 Å². The lowest BCUT2D eigenvalue weighted by molar-refractivity contribution is -0.115. The molecule has 0 atom stereocenters. The van der Waals surface area contributed by atoms with Gasteiger partial charge in [-0.1, -0.05) is 18.2 Å². The highest BCUT2D eigenvalue weighted by atomic mass is 16.5. The number of benzene rings is 2. The molecule has 2 amide bonds. The van der Waals surface area contributed by atoms with Crippen LogP contribution in [0.15, 0.2) is 42.5 Å². The molecule has 124 valence electrons. The minimum atomic E-state index is -0.115. The number of ether oxygens (including phenoxy) is 1. The summed E-state index contributed by atoms with van der Waals surface area (Å²) in [6.07, 6.45) is 1.09. The van der Waals surface area contributed by atoms with Gasteiger partial charge in [-0.2, -0.15) is 0 Å². The van der Waals surface area contributed by atoms with E-state index in [1.807, 2.05) is 43.3 Å². The maximum Gasteiger partial charge on any atom is 0.251 e. The zero-order chi connectivity index (χ0) is 16.9. The highest BCUT2D eigenvalue weighted by molar-refractivity contribution is 5.99. The second-order valence-electron chi connectivity index (χ2n) is 5.68. The van der Waals surface area contributed by atoms with Crippen LogP contribution < -0.4 is 15.4 Å². The van der Waals surface area contributed by atoms with Crippen LogP contribution in [-0.2, 0) is 17.6 Å². The fourth-order valence-corrected chi connectivity index (χ4v) is 2.75. The fourth-order valence-electron chi connectivity index (χ4n) is 2.75. The van der Waals surface area contributed by atoms with E-state index in [0.29, 0.717) is 24.4 Å². The summed E-state index contributed by atoms with van der Waals surface area (Å²) in [5.74, 6) is 0.594. The fraction of sp³-hybridized carbons (Fsp3) is 0.263. The second-order valence-corrected chi connectivity index (χ2v) is 5.68. The van der Waals surface area contributed by atoms with Crippen LogP contribution in [0.3, 0.4) is 0 Å². The van der Waals surface area contributed by atoms with Crippen LogP contribution in [0, 0.1) is 0 Å². The molecule has 5 heteroatoms. The van der Waals surface area contributed by atoms with Gasteiger partial charge in [0.1, 0.15) is 5.75 Å². The Morgan fingerprint density at radius 2 is 2.00 bits per heavy atom. The molecule has 3 rings (SSSR count). The maximum atomic E-state index is 12.2. The van der Waals surface area contributed by atoms with E-state index in [2.05, 4.69) is 10.6 Å². The van der Waals surface area contributed by atoms with Crippen molar-refractivity contribution >= 4 is 17.5 Å². The van der Waals surface area contributed by atoms with E-state index in [-0.39, 0.29) is 18.2 Å². The number of nitrogens with one attached hydrogen (secondary N) is 2. The standard InChI is InChI=1S/C19H20N2O3/c1-2-24-16-7-3-13(4-8-16)11-18(22)21-15-6-5-14-9-10-20-19(23)17(14)12-15/h3-8,12H,2,9-11H2,1H3,(H,20,23)(H,21,22). The minimum absolute atomic E-state index is 0.0844. The SMILES string of the molecule is CCOc1ccc(CC(=O)Nc2ccc3c(c2)C(=O)NCC3)cc1. The molecule has 1 aliphatic heterocycles. The molecule has 0 unspecified atom stereocenters. The summed E-state index contributed by atoms with van der Waals surface area (Å²) in [5, 5.41) is 5.66. The third-order valence-corrected chi connectivity index (χ3v) is 3.92. The molecule has 0 aromatic heterocycles. The number of amides is 2. The molecule has 1 heterocycles. The van der Waals surface area contributed by atoms with Gasteiger partial charge in [-0.15, -0.1) is 0 Å². The number of carbonyl (C=O) groups is 2. The molecule has 0 radical (unpaired) electrons. The summed E-state index contributed by atoms with van der Waals surface area (Å²) in [5.41, 5.74) is 3.21. The van der Waals surface area contributed by atoms with Crippen LogP contribution in [0.4, 0.5) is 5.69 Å². The molecule has 0 saturated carbocycles. The van der Waals surface area contributed by atoms with E-state index in [1.165, 1.54) is 0 Å². The van der Waals surface area contributed by atoms with Gasteiger partial charge in [0, 0.05) is 17.8 Å². The first-order valence-corrected chi connectivity index (χ1v) is 8.08. The highest BCUT2D eigenvalue weighted by Gasteiger charge is 2.17. The first-order valence-electron chi connectivity index (χ1n) is 8.08. The Kier molecular flexibility index (Phi) is 4.79. The summed E-state index contributed by atoms with van der Waals surface area (Å²) >= 11 is 0. The normalized spacial score (nSPS) is 13.0. The van der Waals surface area contributed by atoms with E-state index >= 15 is 0 Å². The molecule has 1 aliphatic rings. The molecule has 24 heavy (non-hydrogen) atoms. The Hall–Kier alpha value is -2.82. The van der Waals surface area contributed by atoms with Crippen molar-refractivity contribution in [3.05, 3.63) is 59.2 Å². The predicted molar refractivity (Wildman–Crippen MR) is 92.4 cm³/mol. The van der Waals surface area contributed by atoms with Crippen molar-refractivity contribution in [3.8, 4) is 5.75 Å². The smallest absolute Gasteiger partial charge is 0.251 e. The quantitative estimate of drug-likeness (QED) is 0.888. The summed E-state index contributed by atoms with van der Waals surface area (Å²) in [6, 6.07) is 13.0. The van der Waals surface area contributed by atoms with Gasteiger partial charge in [0.25, 0.3) is 5.91 Å². The molecule has 0 aliphatic carbocycles. The molecule has 2 aromatic rings. The Labute approximate surface area is 141 Å². The lowest BCUT2D eigenvalue weighted by atomic mass is 10.00. The van der Waals surface area contributed by atoms with Gasteiger partial charge in [-0.05, 0) is 48.7 Å². The van der Waals surface area contributed by atoms with Gasteiger partial charge < -0.3 is 15.4 Å². The van der Waals surface area contributed by atoms with Crippen LogP contribution >= 0.6 is 0 Å². The zero-order valence-corrected chi connectivity index (χ0v) is 13.6. The van der Waals surface area contributed by atoms with Gasteiger partial charge in [-0.3, -0.25) is 9.59 Å². The van der Waals surface area contributed by atoms with Crippen molar-refractivity contribution in [2.75, 3.05) is 18.5 Å². The second kappa shape index (κ2) is 7.17. The molecule has 0 saturated heterocycles. The monoisotopic (exact) mass is 324 g/mol. The largest absolute Gasteiger partial charge is 0.494 e. The number of hydrogen-bond acceptors (Lipinski definition) is 3. The van der Waals surface area contributed by atoms with Crippen molar-refractivity contribution in [3.63, 3.8) is 0 Å². The van der Waals surface area contributed by atoms with Gasteiger partial charge >= 0.3 is 0 Å². The Morgan fingerprint density at radius 1 is 1.21 bits per heavy atom. The van der Waals surface area contributed by atoms with Crippen molar-refractivity contribution in [1.82, 2.24) is 5.32 Å². The molecule has 0 spiro atoms. The molecule has 0 bridgehead atoms. The van der Waals surface area contributed by atoms with E-state index in [9.17, 15) is 9.59 Å². The van der Waals surface area contributed by atoms with E-state index in [0.717, 1.165) is 23.3 Å². The molecular weight excluding hydrogens is 304 g/mol. The Bertz CT molecular complexity index is 754. The predicted octanol–water partition coefficient (Wildman–Crippen LogP) is 2.55. The van der Waals surface area contributed by atoms with Gasteiger partial charge in [-0.25, -0.2) is 0 Å². The molecule has 5 nitrogen and oxygen atoms in total. The summed E-state index contributed by atoms with van der Waals surface area (Å²) < 4.78 is 5.39. The molecule has 0 fully saturated rings. The van der Waals surface area contributed by atoms with Crippen LogP contribution in [0.2, 0.25) is 0 Å². The van der Waals surface area contributed by atoms with Crippen molar-refractivity contribution in [2.45, 2.75) is 19.8 Å². The lowest BCUT2D eigenvalue weighted by Crippen LogP contribution is -2.31. The topological polar surface area (TPSA) is 67.4 Å². The number of carbonyl (C=O) groups excluding carboxylic acids is 2. The third-order valence-electron chi connectivity index (χ3n) is 3.92. The first-order chi connectivity index (χ1) is 11.7. The number of fused-ring (bicyclic) bond motifs is 1. The Morgan fingerprint density at radius 3 is 2.75 bits per heavy atom. The van der Waals surface area contributed by atoms with Crippen molar-refractivity contribution in [2.24, 2.45) is 0 Å². The average molecular weight is 324 g/mol. The lowest BCUT2D eigenvalue weighted by Gasteiger charge is -2.17. The third kappa shape index (κ3) is 3.74. The molecule has 2 N–H and O–H groups in total. The number of anilines is 1. The molecular formula is C19H20N2O3. The zero-order valence-electron chi connectivity index (χ0n) is 13.6. The van der Waals surface area contributed by atoms with Gasteiger partial charge in [0.2, 0.25) is 5.91 Å².